The zero-order chi connectivity index (χ0) is 16.3. The van der Waals surface area contributed by atoms with Crippen molar-refractivity contribution in [3.8, 4) is 11.1 Å². The summed E-state index contributed by atoms with van der Waals surface area (Å²) in [6.07, 6.45) is 1.12. The SMILES string of the molecule is CCOC(=O)c1ccc(-c2ccc(S(C)(=O)=O)cc2)cc1F. The lowest BCUT2D eigenvalue weighted by Gasteiger charge is -2.07. The van der Waals surface area contributed by atoms with Gasteiger partial charge in [0, 0.05) is 6.26 Å². The lowest BCUT2D eigenvalue weighted by molar-refractivity contribution is 0.0521. The smallest absolute Gasteiger partial charge is 0.341 e. The third-order valence-electron chi connectivity index (χ3n) is 3.08. The second-order valence-electron chi connectivity index (χ2n) is 4.71. The Hall–Kier alpha value is -2.21. The van der Waals surface area contributed by atoms with E-state index in [1.807, 2.05) is 0 Å². The molecule has 0 aliphatic heterocycles. The first kappa shape index (κ1) is 16.2. The molecule has 0 aliphatic rings. The van der Waals surface area contributed by atoms with Crippen LogP contribution in [0.3, 0.4) is 0 Å². The van der Waals surface area contributed by atoms with Crippen LogP contribution in [0.5, 0.6) is 0 Å². The van der Waals surface area contributed by atoms with Crippen molar-refractivity contribution in [2.45, 2.75) is 11.8 Å². The highest BCUT2D eigenvalue weighted by Crippen LogP contribution is 2.24. The maximum Gasteiger partial charge on any atom is 0.341 e. The van der Waals surface area contributed by atoms with Crippen LogP contribution >= 0.6 is 0 Å². The molecular weight excluding hydrogens is 307 g/mol. The molecule has 0 radical (unpaired) electrons. The van der Waals surface area contributed by atoms with Crippen molar-refractivity contribution in [2.24, 2.45) is 0 Å². The number of esters is 1. The molecule has 0 aromatic heterocycles. The van der Waals surface area contributed by atoms with Crippen LogP contribution in [0.1, 0.15) is 17.3 Å². The Kier molecular flexibility index (Phi) is 4.61. The molecule has 4 nitrogen and oxygen atoms in total. The zero-order valence-corrected chi connectivity index (χ0v) is 13.0. The molecular formula is C16H15FO4S. The minimum atomic E-state index is -3.27. The van der Waals surface area contributed by atoms with E-state index in [-0.39, 0.29) is 17.1 Å². The predicted molar refractivity (Wildman–Crippen MR) is 80.9 cm³/mol. The summed E-state index contributed by atoms with van der Waals surface area (Å²) >= 11 is 0. The highest BCUT2D eigenvalue weighted by Gasteiger charge is 2.14. The van der Waals surface area contributed by atoms with Crippen LogP contribution in [0.15, 0.2) is 47.4 Å². The third-order valence-corrected chi connectivity index (χ3v) is 4.21. The Bertz CT molecular complexity index is 795. The highest BCUT2D eigenvalue weighted by molar-refractivity contribution is 7.90. The average Bonchev–Trinajstić information content (AvgIpc) is 2.46. The first-order valence-corrected chi connectivity index (χ1v) is 8.49. The summed E-state index contributed by atoms with van der Waals surface area (Å²) in [5, 5.41) is 0. The van der Waals surface area contributed by atoms with Crippen LogP contribution < -0.4 is 0 Å². The van der Waals surface area contributed by atoms with Gasteiger partial charge in [0.15, 0.2) is 9.84 Å². The van der Waals surface area contributed by atoms with E-state index in [4.69, 9.17) is 4.74 Å². The van der Waals surface area contributed by atoms with Crippen LogP contribution in [0.4, 0.5) is 4.39 Å². The van der Waals surface area contributed by atoms with Gasteiger partial charge in [0.25, 0.3) is 0 Å². The predicted octanol–water partition coefficient (Wildman–Crippen LogP) is 3.07. The first-order valence-electron chi connectivity index (χ1n) is 6.60. The minimum Gasteiger partial charge on any atom is -0.462 e. The standard InChI is InChI=1S/C16H15FO4S/c1-3-21-16(18)14-9-6-12(10-15(14)17)11-4-7-13(8-5-11)22(2,19)20/h4-10H,3H2,1-2H3. The number of rotatable bonds is 4. The molecule has 22 heavy (non-hydrogen) atoms. The van der Waals surface area contributed by atoms with Crippen molar-refractivity contribution in [1.82, 2.24) is 0 Å². The highest BCUT2D eigenvalue weighted by atomic mass is 32.2. The van der Waals surface area contributed by atoms with Gasteiger partial charge < -0.3 is 4.74 Å². The molecule has 0 unspecified atom stereocenters. The fraction of sp³-hybridized carbons (Fsp3) is 0.188. The summed E-state index contributed by atoms with van der Waals surface area (Å²) in [7, 11) is -3.27. The summed E-state index contributed by atoms with van der Waals surface area (Å²) in [6.45, 7) is 1.82. The Morgan fingerprint density at radius 1 is 1.09 bits per heavy atom. The van der Waals surface area contributed by atoms with Crippen molar-refractivity contribution in [2.75, 3.05) is 12.9 Å². The van der Waals surface area contributed by atoms with E-state index >= 15 is 0 Å². The summed E-state index contributed by atoms with van der Waals surface area (Å²) in [6, 6.07) is 10.3. The molecule has 2 aromatic rings. The molecule has 0 heterocycles. The molecule has 0 fully saturated rings. The minimum absolute atomic E-state index is 0.127. The fourth-order valence-corrected chi connectivity index (χ4v) is 2.59. The van der Waals surface area contributed by atoms with Crippen molar-refractivity contribution in [1.29, 1.82) is 0 Å². The quantitative estimate of drug-likeness (QED) is 0.812. The van der Waals surface area contributed by atoms with Gasteiger partial charge in [-0.2, -0.15) is 0 Å². The Morgan fingerprint density at radius 3 is 2.18 bits per heavy atom. The fourth-order valence-electron chi connectivity index (χ4n) is 1.96. The van der Waals surface area contributed by atoms with Crippen LogP contribution in [0, 0.1) is 5.82 Å². The van der Waals surface area contributed by atoms with Crippen molar-refractivity contribution >= 4 is 15.8 Å². The van der Waals surface area contributed by atoms with Gasteiger partial charge in [0.2, 0.25) is 0 Å². The van der Waals surface area contributed by atoms with Gasteiger partial charge in [-0.3, -0.25) is 0 Å². The van der Waals surface area contributed by atoms with E-state index < -0.39 is 21.6 Å². The van der Waals surface area contributed by atoms with Crippen LogP contribution in [-0.4, -0.2) is 27.2 Å². The third kappa shape index (κ3) is 3.51. The number of benzene rings is 2. The van der Waals surface area contributed by atoms with Gasteiger partial charge in [-0.15, -0.1) is 0 Å². The van der Waals surface area contributed by atoms with Gasteiger partial charge in [-0.05, 0) is 42.3 Å². The maximum atomic E-state index is 14.0. The molecule has 0 atom stereocenters. The Morgan fingerprint density at radius 2 is 1.68 bits per heavy atom. The van der Waals surface area contributed by atoms with E-state index in [9.17, 15) is 17.6 Å². The summed E-state index contributed by atoms with van der Waals surface area (Å²) in [5.41, 5.74) is 1.07. The Labute approximate surface area is 128 Å². The number of ether oxygens (including phenoxy) is 1. The molecule has 2 rings (SSSR count). The van der Waals surface area contributed by atoms with Gasteiger partial charge in [0.1, 0.15) is 5.82 Å². The number of hydrogen-bond acceptors (Lipinski definition) is 4. The van der Waals surface area contributed by atoms with Crippen LogP contribution in [-0.2, 0) is 14.6 Å². The molecule has 0 bridgehead atoms. The van der Waals surface area contributed by atoms with Gasteiger partial charge in [-0.1, -0.05) is 18.2 Å². The normalized spacial score (nSPS) is 11.2. The molecule has 0 spiro atoms. The molecule has 0 saturated heterocycles. The van der Waals surface area contributed by atoms with E-state index in [2.05, 4.69) is 0 Å². The van der Waals surface area contributed by atoms with E-state index in [1.54, 1.807) is 25.1 Å². The molecule has 0 amide bonds. The number of sulfone groups is 1. The topological polar surface area (TPSA) is 60.4 Å². The maximum absolute atomic E-state index is 14.0. The average molecular weight is 322 g/mol. The summed E-state index contributed by atoms with van der Waals surface area (Å²) in [5.74, 6) is -1.39. The van der Waals surface area contributed by atoms with Gasteiger partial charge in [-0.25, -0.2) is 17.6 Å². The monoisotopic (exact) mass is 322 g/mol. The molecule has 0 aliphatic carbocycles. The van der Waals surface area contributed by atoms with E-state index in [0.717, 1.165) is 6.26 Å². The molecule has 116 valence electrons. The first-order chi connectivity index (χ1) is 10.3. The largest absolute Gasteiger partial charge is 0.462 e. The van der Waals surface area contributed by atoms with E-state index in [0.29, 0.717) is 11.1 Å². The second kappa shape index (κ2) is 6.27. The summed E-state index contributed by atoms with van der Waals surface area (Å²) < 4.78 is 41.6. The number of carbonyl (C=O) groups is 1. The molecule has 0 saturated carbocycles. The zero-order valence-electron chi connectivity index (χ0n) is 12.2. The van der Waals surface area contributed by atoms with Gasteiger partial charge in [0.05, 0.1) is 17.1 Å². The van der Waals surface area contributed by atoms with E-state index in [1.165, 1.54) is 24.3 Å². The lowest BCUT2D eigenvalue weighted by atomic mass is 10.0. The molecule has 2 aromatic carbocycles. The van der Waals surface area contributed by atoms with Crippen molar-refractivity contribution < 1.29 is 22.3 Å². The number of carbonyl (C=O) groups excluding carboxylic acids is 1. The van der Waals surface area contributed by atoms with Gasteiger partial charge >= 0.3 is 5.97 Å². The second-order valence-corrected chi connectivity index (χ2v) is 6.73. The molecule has 0 N–H and O–H groups in total. The van der Waals surface area contributed by atoms with Crippen LogP contribution in [0.25, 0.3) is 11.1 Å². The van der Waals surface area contributed by atoms with Crippen molar-refractivity contribution in [3.63, 3.8) is 0 Å². The van der Waals surface area contributed by atoms with Crippen molar-refractivity contribution in [3.05, 3.63) is 53.8 Å². The van der Waals surface area contributed by atoms with Crippen LogP contribution in [0.2, 0.25) is 0 Å². The molecule has 6 heteroatoms. The number of halogens is 1. The Balaban J connectivity index is 2.34. The summed E-state index contributed by atoms with van der Waals surface area (Å²) in [4.78, 5) is 11.7. The lowest BCUT2D eigenvalue weighted by Crippen LogP contribution is -2.07. The number of hydrogen-bond donors (Lipinski definition) is 0.